The summed E-state index contributed by atoms with van der Waals surface area (Å²) >= 11 is 8.25. The van der Waals surface area contributed by atoms with Crippen LogP contribution in [0.2, 0.25) is 0 Å². The van der Waals surface area contributed by atoms with Gasteiger partial charge >= 0.3 is 0 Å². The molecule has 0 saturated carbocycles. The average molecular weight is 329 g/mol. The Morgan fingerprint density at radius 3 is 2.67 bits per heavy atom. The fraction of sp³-hybridized carbons (Fsp3) is 0.385. The lowest BCUT2D eigenvalue weighted by molar-refractivity contribution is 0.0937. The summed E-state index contributed by atoms with van der Waals surface area (Å²) in [6, 6.07) is 5.61. The number of halogens is 1. The van der Waals surface area contributed by atoms with Gasteiger partial charge in [0.15, 0.2) is 0 Å². The molecule has 0 radical (unpaired) electrons. The van der Waals surface area contributed by atoms with Gasteiger partial charge in [0, 0.05) is 22.5 Å². The number of carbonyl (C=O) groups is 1. The fourth-order valence-corrected chi connectivity index (χ4v) is 2.49. The summed E-state index contributed by atoms with van der Waals surface area (Å²) in [5.41, 5.74) is 7.18. The van der Waals surface area contributed by atoms with Crippen molar-refractivity contribution in [1.29, 1.82) is 0 Å². The van der Waals surface area contributed by atoms with Gasteiger partial charge in [0.25, 0.3) is 5.91 Å². The highest BCUT2D eigenvalue weighted by molar-refractivity contribution is 9.10. The first-order valence-corrected chi connectivity index (χ1v) is 6.99. The molecule has 0 heterocycles. The minimum absolute atomic E-state index is 0.00529. The monoisotopic (exact) mass is 328 g/mol. The van der Waals surface area contributed by atoms with Crippen molar-refractivity contribution in [2.75, 3.05) is 0 Å². The van der Waals surface area contributed by atoms with E-state index in [4.69, 9.17) is 18.0 Å². The van der Waals surface area contributed by atoms with Crippen molar-refractivity contribution in [3.63, 3.8) is 0 Å². The predicted octanol–water partition coefficient (Wildman–Crippen LogP) is 2.94. The number of rotatable bonds is 5. The molecule has 98 valence electrons. The van der Waals surface area contributed by atoms with E-state index in [1.807, 2.05) is 26.0 Å². The van der Waals surface area contributed by atoms with Crippen LogP contribution in [-0.2, 0) is 0 Å². The molecular weight excluding hydrogens is 312 g/mol. The zero-order chi connectivity index (χ0) is 13.7. The van der Waals surface area contributed by atoms with Gasteiger partial charge in [-0.15, -0.1) is 0 Å². The van der Waals surface area contributed by atoms with Crippen LogP contribution in [-0.4, -0.2) is 16.9 Å². The molecule has 3 nitrogen and oxygen atoms in total. The van der Waals surface area contributed by atoms with Crippen LogP contribution in [0.25, 0.3) is 0 Å². The number of aryl methyl sites for hydroxylation is 1. The second-order valence-electron chi connectivity index (χ2n) is 4.27. The maximum atomic E-state index is 12.1. The van der Waals surface area contributed by atoms with Gasteiger partial charge < -0.3 is 11.1 Å². The van der Waals surface area contributed by atoms with Gasteiger partial charge in [-0.3, -0.25) is 4.79 Å². The molecule has 1 unspecified atom stereocenters. The zero-order valence-corrected chi connectivity index (χ0v) is 12.9. The van der Waals surface area contributed by atoms with Crippen LogP contribution in [0.15, 0.2) is 22.7 Å². The summed E-state index contributed by atoms with van der Waals surface area (Å²) in [5, 5.41) is 2.94. The largest absolute Gasteiger partial charge is 0.393 e. The van der Waals surface area contributed by atoms with E-state index in [0.717, 1.165) is 16.5 Å². The number of carbonyl (C=O) groups excluding carboxylic acids is 1. The average Bonchev–Trinajstić information content (AvgIpc) is 2.26. The van der Waals surface area contributed by atoms with Crippen LogP contribution in [0.1, 0.15) is 35.7 Å². The highest BCUT2D eigenvalue weighted by Gasteiger charge is 2.13. The Labute approximate surface area is 121 Å². The van der Waals surface area contributed by atoms with Gasteiger partial charge in [0.05, 0.1) is 4.99 Å². The van der Waals surface area contributed by atoms with E-state index in [2.05, 4.69) is 21.2 Å². The van der Waals surface area contributed by atoms with E-state index in [-0.39, 0.29) is 11.9 Å². The Morgan fingerprint density at radius 1 is 1.50 bits per heavy atom. The molecule has 1 aromatic carbocycles. The number of benzene rings is 1. The maximum Gasteiger partial charge on any atom is 0.251 e. The molecule has 0 aliphatic carbocycles. The van der Waals surface area contributed by atoms with Gasteiger partial charge in [-0.1, -0.05) is 35.1 Å². The molecule has 18 heavy (non-hydrogen) atoms. The Hall–Kier alpha value is -0.940. The highest BCUT2D eigenvalue weighted by Crippen LogP contribution is 2.15. The van der Waals surface area contributed by atoms with Crippen molar-refractivity contribution in [2.24, 2.45) is 5.73 Å². The first-order chi connectivity index (χ1) is 8.42. The third-order valence-corrected chi connectivity index (χ3v) is 3.20. The predicted molar refractivity (Wildman–Crippen MR) is 81.8 cm³/mol. The smallest absolute Gasteiger partial charge is 0.251 e. The molecule has 1 amide bonds. The van der Waals surface area contributed by atoms with Crippen molar-refractivity contribution in [2.45, 2.75) is 32.7 Å². The van der Waals surface area contributed by atoms with Gasteiger partial charge in [-0.05, 0) is 37.1 Å². The van der Waals surface area contributed by atoms with Crippen LogP contribution in [0.4, 0.5) is 0 Å². The van der Waals surface area contributed by atoms with E-state index in [0.29, 0.717) is 17.0 Å². The summed E-state index contributed by atoms with van der Waals surface area (Å²) in [4.78, 5) is 12.5. The molecular formula is C13H17BrN2OS. The maximum absolute atomic E-state index is 12.1. The van der Waals surface area contributed by atoms with E-state index in [1.165, 1.54) is 0 Å². The van der Waals surface area contributed by atoms with Crippen LogP contribution in [0.3, 0.4) is 0 Å². The molecule has 0 bridgehead atoms. The summed E-state index contributed by atoms with van der Waals surface area (Å²) < 4.78 is 0.898. The third-order valence-electron chi connectivity index (χ3n) is 2.58. The van der Waals surface area contributed by atoms with E-state index >= 15 is 0 Å². The zero-order valence-electron chi connectivity index (χ0n) is 10.5. The molecule has 1 rings (SSSR count). The lowest BCUT2D eigenvalue weighted by Crippen LogP contribution is -2.37. The molecule has 0 aromatic heterocycles. The molecule has 3 N–H and O–H groups in total. The summed E-state index contributed by atoms with van der Waals surface area (Å²) in [7, 11) is 0. The second kappa shape index (κ2) is 6.85. The SMILES string of the molecule is CCC(CC(N)=S)NC(=O)c1cc(C)cc(Br)c1. The number of amides is 1. The van der Waals surface area contributed by atoms with Crippen LogP contribution < -0.4 is 11.1 Å². The van der Waals surface area contributed by atoms with E-state index in [1.54, 1.807) is 6.07 Å². The Morgan fingerprint density at radius 2 is 2.17 bits per heavy atom. The van der Waals surface area contributed by atoms with Crippen molar-refractivity contribution in [3.05, 3.63) is 33.8 Å². The number of thiocarbonyl (C=S) groups is 1. The van der Waals surface area contributed by atoms with Gasteiger partial charge in [0.2, 0.25) is 0 Å². The van der Waals surface area contributed by atoms with E-state index < -0.39 is 0 Å². The standard InChI is InChI=1S/C13H17BrN2OS/c1-3-11(7-12(15)18)16-13(17)9-4-8(2)5-10(14)6-9/h4-6,11H,3,7H2,1-2H3,(H2,15,18)(H,16,17). The number of hydrogen-bond acceptors (Lipinski definition) is 2. The van der Waals surface area contributed by atoms with Crippen LogP contribution in [0.5, 0.6) is 0 Å². The fourth-order valence-electron chi connectivity index (χ4n) is 1.68. The van der Waals surface area contributed by atoms with Gasteiger partial charge in [-0.2, -0.15) is 0 Å². The highest BCUT2D eigenvalue weighted by atomic mass is 79.9. The van der Waals surface area contributed by atoms with Crippen molar-refractivity contribution in [1.82, 2.24) is 5.32 Å². The van der Waals surface area contributed by atoms with Crippen LogP contribution >= 0.6 is 28.1 Å². The lowest BCUT2D eigenvalue weighted by atomic mass is 10.1. The first kappa shape index (κ1) is 15.1. The third kappa shape index (κ3) is 4.74. The molecule has 5 heteroatoms. The molecule has 1 aromatic rings. The summed E-state index contributed by atoms with van der Waals surface area (Å²) in [6.45, 7) is 3.95. The Kier molecular flexibility index (Phi) is 5.75. The number of nitrogens with two attached hydrogens (primary N) is 1. The van der Waals surface area contributed by atoms with Gasteiger partial charge in [-0.25, -0.2) is 0 Å². The lowest BCUT2D eigenvalue weighted by Gasteiger charge is -2.16. The van der Waals surface area contributed by atoms with Crippen molar-refractivity contribution >= 4 is 39.0 Å². The molecule has 0 saturated heterocycles. The van der Waals surface area contributed by atoms with Crippen molar-refractivity contribution < 1.29 is 4.79 Å². The minimum atomic E-state index is -0.0949. The Bertz CT molecular complexity index is 442. The molecule has 0 aliphatic rings. The second-order valence-corrected chi connectivity index (χ2v) is 5.71. The molecule has 0 aliphatic heterocycles. The van der Waals surface area contributed by atoms with Gasteiger partial charge in [0.1, 0.15) is 0 Å². The topological polar surface area (TPSA) is 55.1 Å². The van der Waals surface area contributed by atoms with E-state index in [9.17, 15) is 4.79 Å². The molecule has 0 fully saturated rings. The summed E-state index contributed by atoms with van der Waals surface area (Å²) in [5.74, 6) is -0.0949. The molecule has 0 spiro atoms. The van der Waals surface area contributed by atoms with Crippen molar-refractivity contribution in [3.8, 4) is 0 Å². The Balaban J connectivity index is 2.77. The summed E-state index contributed by atoms with van der Waals surface area (Å²) in [6.07, 6.45) is 1.33. The number of hydrogen-bond donors (Lipinski definition) is 2. The minimum Gasteiger partial charge on any atom is -0.393 e. The first-order valence-electron chi connectivity index (χ1n) is 5.78. The molecule has 1 atom stereocenters. The normalized spacial score (nSPS) is 11.9. The quantitative estimate of drug-likeness (QED) is 0.817. The number of nitrogens with one attached hydrogen (secondary N) is 1. The van der Waals surface area contributed by atoms with Crippen LogP contribution in [0, 0.1) is 6.92 Å².